The molecule has 0 aliphatic rings. The normalized spacial score (nSPS) is 11.6. The molecule has 2 nitrogen and oxygen atoms in total. The fourth-order valence-electron chi connectivity index (χ4n) is 2.42. The maximum Gasteiger partial charge on any atom is 0.416 e. The Morgan fingerprint density at radius 2 is 1.71 bits per heavy atom. The maximum atomic E-state index is 12.6. The van der Waals surface area contributed by atoms with Gasteiger partial charge in [0.1, 0.15) is 0 Å². The molecule has 128 valence electrons. The molecular weight excluding hydrogens is 315 g/mol. The molecule has 24 heavy (non-hydrogen) atoms. The van der Waals surface area contributed by atoms with Crippen LogP contribution in [-0.4, -0.2) is 5.91 Å². The Hall–Kier alpha value is -2.30. The van der Waals surface area contributed by atoms with Crippen molar-refractivity contribution in [3.63, 3.8) is 0 Å². The molecule has 1 N–H and O–H groups in total. The van der Waals surface area contributed by atoms with Gasteiger partial charge in [-0.05, 0) is 66.8 Å². The van der Waals surface area contributed by atoms with Crippen LogP contribution in [0.1, 0.15) is 40.9 Å². The lowest BCUT2D eigenvalue weighted by Gasteiger charge is -2.12. The Kier molecular flexibility index (Phi) is 5.32. The van der Waals surface area contributed by atoms with Crippen LogP contribution < -0.4 is 5.32 Å². The van der Waals surface area contributed by atoms with Gasteiger partial charge in [-0.25, -0.2) is 0 Å². The molecule has 0 heterocycles. The molecule has 2 aromatic carbocycles. The van der Waals surface area contributed by atoms with Crippen molar-refractivity contribution in [1.82, 2.24) is 0 Å². The van der Waals surface area contributed by atoms with Crippen molar-refractivity contribution < 1.29 is 18.0 Å². The summed E-state index contributed by atoms with van der Waals surface area (Å²) in [7, 11) is 0. The zero-order valence-electron chi connectivity index (χ0n) is 13.9. The summed E-state index contributed by atoms with van der Waals surface area (Å²) in [6, 6.07) is 9.82. The molecule has 0 aliphatic heterocycles. The highest BCUT2D eigenvalue weighted by Crippen LogP contribution is 2.29. The molecule has 0 spiro atoms. The van der Waals surface area contributed by atoms with E-state index < -0.39 is 17.6 Å². The number of nitrogens with one attached hydrogen (secondary N) is 1. The Bertz CT molecular complexity index is 718. The SMILES string of the molecule is Cc1ccc(NC(=O)c2ccc(C(F)(F)F)cc2)cc1CC(C)C. The smallest absolute Gasteiger partial charge is 0.322 e. The van der Waals surface area contributed by atoms with Gasteiger partial charge in [0.25, 0.3) is 5.91 Å². The van der Waals surface area contributed by atoms with Crippen LogP contribution in [0, 0.1) is 12.8 Å². The Morgan fingerprint density at radius 3 is 2.25 bits per heavy atom. The third-order valence-corrected chi connectivity index (χ3v) is 3.71. The third kappa shape index (κ3) is 4.60. The van der Waals surface area contributed by atoms with Gasteiger partial charge < -0.3 is 5.32 Å². The van der Waals surface area contributed by atoms with E-state index in [0.29, 0.717) is 11.6 Å². The standard InChI is InChI=1S/C19H20F3NO/c1-12(2)10-15-11-17(9-4-13(15)3)23-18(24)14-5-7-16(8-6-14)19(20,21)22/h4-9,11-12H,10H2,1-3H3,(H,23,24). The molecule has 0 aliphatic carbocycles. The maximum absolute atomic E-state index is 12.6. The van der Waals surface area contributed by atoms with Crippen LogP contribution in [-0.2, 0) is 12.6 Å². The summed E-state index contributed by atoms with van der Waals surface area (Å²) < 4.78 is 37.7. The van der Waals surface area contributed by atoms with Crippen LogP contribution in [0.4, 0.5) is 18.9 Å². The van der Waals surface area contributed by atoms with Crippen LogP contribution >= 0.6 is 0 Å². The molecule has 0 radical (unpaired) electrons. The lowest BCUT2D eigenvalue weighted by Crippen LogP contribution is -2.13. The van der Waals surface area contributed by atoms with Gasteiger partial charge in [0.2, 0.25) is 0 Å². The van der Waals surface area contributed by atoms with E-state index in [1.54, 1.807) is 6.07 Å². The number of benzene rings is 2. The second-order valence-corrected chi connectivity index (χ2v) is 6.27. The lowest BCUT2D eigenvalue weighted by molar-refractivity contribution is -0.137. The zero-order valence-corrected chi connectivity index (χ0v) is 13.9. The van der Waals surface area contributed by atoms with E-state index in [1.807, 2.05) is 19.1 Å². The number of rotatable bonds is 4. The lowest BCUT2D eigenvalue weighted by atomic mass is 9.98. The Balaban J connectivity index is 2.15. The van der Waals surface area contributed by atoms with E-state index in [0.717, 1.165) is 29.7 Å². The van der Waals surface area contributed by atoms with E-state index >= 15 is 0 Å². The summed E-state index contributed by atoms with van der Waals surface area (Å²) >= 11 is 0. The van der Waals surface area contributed by atoms with Gasteiger partial charge in [0, 0.05) is 11.3 Å². The van der Waals surface area contributed by atoms with E-state index in [2.05, 4.69) is 19.2 Å². The summed E-state index contributed by atoms with van der Waals surface area (Å²) in [5, 5.41) is 2.74. The first kappa shape index (κ1) is 18.0. The van der Waals surface area contributed by atoms with Gasteiger partial charge in [-0.3, -0.25) is 4.79 Å². The molecule has 5 heteroatoms. The van der Waals surface area contributed by atoms with E-state index in [4.69, 9.17) is 0 Å². The highest BCUT2D eigenvalue weighted by Gasteiger charge is 2.30. The number of aryl methyl sites for hydroxylation is 1. The summed E-state index contributed by atoms with van der Waals surface area (Å²) in [6.07, 6.45) is -3.51. The third-order valence-electron chi connectivity index (χ3n) is 3.71. The van der Waals surface area contributed by atoms with Crippen LogP contribution in [0.25, 0.3) is 0 Å². The van der Waals surface area contributed by atoms with Gasteiger partial charge in [-0.1, -0.05) is 19.9 Å². The predicted octanol–water partition coefficient (Wildman–Crippen LogP) is 5.46. The van der Waals surface area contributed by atoms with Crippen molar-refractivity contribution in [1.29, 1.82) is 0 Å². The number of amides is 1. The van der Waals surface area contributed by atoms with Crippen molar-refractivity contribution in [3.8, 4) is 0 Å². The van der Waals surface area contributed by atoms with Crippen LogP contribution in [0.5, 0.6) is 0 Å². The fourth-order valence-corrected chi connectivity index (χ4v) is 2.42. The molecule has 0 bridgehead atoms. The van der Waals surface area contributed by atoms with Crippen LogP contribution in [0.3, 0.4) is 0 Å². The molecule has 0 unspecified atom stereocenters. The quantitative estimate of drug-likeness (QED) is 0.789. The van der Waals surface area contributed by atoms with Gasteiger partial charge in [0.15, 0.2) is 0 Å². The van der Waals surface area contributed by atoms with Crippen LogP contribution in [0.2, 0.25) is 0 Å². The fraction of sp³-hybridized carbons (Fsp3) is 0.316. The molecule has 1 amide bonds. The second-order valence-electron chi connectivity index (χ2n) is 6.27. The van der Waals surface area contributed by atoms with Crippen molar-refractivity contribution >= 4 is 11.6 Å². The molecular formula is C19H20F3NO. The average Bonchev–Trinajstić information content (AvgIpc) is 2.49. The number of hydrogen-bond acceptors (Lipinski definition) is 1. The van der Waals surface area contributed by atoms with E-state index in [1.165, 1.54) is 12.1 Å². The average molecular weight is 335 g/mol. The summed E-state index contributed by atoms with van der Waals surface area (Å²) in [4.78, 5) is 12.2. The molecule has 0 saturated heterocycles. The van der Waals surface area contributed by atoms with Gasteiger partial charge in [-0.15, -0.1) is 0 Å². The van der Waals surface area contributed by atoms with Crippen molar-refractivity contribution in [2.45, 2.75) is 33.4 Å². The van der Waals surface area contributed by atoms with E-state index in [-0.39, 0.29) is 5.56 Å². The highest BCUT2D eigenvalue weighted by molar-refractivity contribution is 6.04. The van der Waals surface area contributed by atoms with Crippen molar-refractivity contribution in [3.05, 3.63) is 64.7 Å². The van der Waals surface area contributed by atoms with Crippen molar-refractivity contribution in [2.24, 2.45) is 5.92 Å². The minimum atomic E-state index is -4.41. The predicted molar refractivity (Wildman–Crippen MR) is 89.1 cm³/mol. The minimum absolute atomic E-state index is 0.189. The van der Waals surface area contributed by atoms with Gasteiger partial charge in [0.05, 0.1) is 5.56 Å². The molecule has 2 rings (SSSR count). The first-order valence-electron chi connectivity index (χ1n) is 7.75. The molecule has 0 atom stereocenters. The van der Waals surface area contributed by atoms with E-state index in [9.17, 15) is 18.0 Å². The molecule has 0 saturated carbocycles. The molecule has 0 aromatic heterocycles. The molecule has 0 fully saturated rings. The number of carbonyl (C=O) groups is 1. The topological polar surface area (TPSA) is 29.1 Å². The summed E-state index contributed by atoms with van der Waals surface area (Å²) in [5.74, 6) is 0.0626. The summed E-state index contributed by atoms with van der Waals surface area (Å²) in [6.45, 7) is 6.25. The van der Waals surface area contributed by atoms with Gasteiger partial charge in [-0.2, -0.15) is 13.2 Å². The first-order valence-corrected chi connectivity index (χ1v) is 7.75. The largest absolute Gasteiger partial charge is 0.416 e. The first-order chi connectivity index (χ1) is 11.2. The monoisotopic (exact) mass is 335 g/mol. The summed E-state index contributed by atoms with van der Waals surface area (Å²) in [5.41, 5.74) is 2.36. The number of carbonyl (C=O) groups excluding carboxylic acids is 1. The number of alkyl halides is 3. The molecule has 2 aromatic rings. The number of anilines is 1. The number of hydrogen-bond donors (Lipinski definition) is 1. The van der Waals surface area contributed by atoms with Crippen LogP contribution in [0.15, 0.2) is 42.5 Å². The van der Waals surface area contributed by atoms with Crippen molar-refractivity contribution in [2.75, 3.05) is 5.32 Å². The number of halogens is 3. The zero-order chi connectivity index (χ0) is 17.9. The van der Waals surface area contributed by atoms with Gasteiger partial charge >= 0.3 is 6.18 Å². The highest BCUT2D eigenvalue weighted by atomic mass is 19.4. The Labute approximate surface area is 139 Å². The Morgan fingerprint density at radius 1 is 1.08 bits per heavy atom. The minimum Gasteiger partial charge on any atom is -0.322 e. The second kappa shape index (κ2) is 7.07.